The molecule has 1 heterocycles. The van der Waals surface area contributed by atoms with Gasteiger partial charge in [0, 0.05) is 24.2 Å². The average molecular weight is 468 g/mol. The number of rotatable bonds is 9. The summed E-state index contributed by atoms with van der Waals surface area (Å²) >= 11 is 0.938. The Labute approximate surface area is 182 Å². The van der Waals surface area contributed by atoms with Gasteiger partial charge in [-0.05, 0) is 36.4 Å². The Bertz CT molecular complexity index is 1190. The van der Waals surface area contributed by atoms with E-state index in [1.165, 1.54) is 22.5 Å². The van der Waals surface area contributed by atoms with Crippen molar-refractivity contribution in [3.63, 3.8) is 0 Å². The molecular weight excluding hydrogens is 448 g/mol. The number of ketones is 1. The summed E-state index contributed by atoms with van der Waals surface area (Å²) in [5.74, 6) is -2.59. The molecule has 0 atom stereocenters. The fourth-order valence-corrected chi connectivity index (χ4v) is 4.93. The summed E-state index contributed by atoms with van der Waals surface area (Å²) in [7, 11) is -3.65. The minimum absolute atomic E-state index is 0.0282. The molecule has 0 aliphatic rings. The first-order chi connectivity index (χ1) is 14.8. The number of carbonyl (C=O) groups excluding carboxylic acids is 1. The van der Waals surface area contributed by atoms with Gasteiger partial charge in [0.25, 0.3) is 5.22 Å². The van der Waals surface area contributed by atoms with Crippen molar-refractivity contribution in [3.05, 3.63) is 59.7 Å². The molecule has 11 heteroatoms. The van der Waals surface area contributed by atoms with E-state index >= 15 is 0 Å². The lowest BCUT2D eigenvalue weighted by Gasteiger charge is -2.18. The van der Waals surface area contributed by atoms with Crippen LogP contribution in [-0.4, -0.2) is 47.5 Å². The van der Waals surface area contributed by atoms with Crippen LogP contribution in [0.2, 0.25) is 0 Å². The van der Waals surface area contributed by atoms with Crippen LogP contribution in [0.5, 0.6) is 0 Å². The molecule has 0 N–H and O–H groups in total. The van der Waals surface area contributed by atoms with Crippen LogP contribution in [0, 0.1) is 11.6 Å². The van der Waals surface area contributed by atoms with E-state index in [1.807, 2.05) is 0 Å². The van der Waals surface area contributed by atoms with Gasteiger partial charge in [-0.15, -0.1) is 10.2 Å². The van der Waals surface area contributed by atoms with Crippen LogP contribution in [0.3, 0.4) is 0 Å². The van der Waals surface area contributed by atoms with Crippen LogP contribution in [0.25, 0.3) is 11.5 Å². The Kier molecular flexibility index (Phi) is 7.19. The fraction of sp³-hybridized carbons (Fsp3) is 0.250. The van der Waals surface area contributed by atoms with E-state index in [1.54, 1.807) is 26.0 Å². The summed E-state index contributed by atoms with van der Waals surface area (Å²) in [6.07, 6.45) is 0. The van der Waals surface area contributed by atoms with Crippen molar-refractivity contribution in [3.8, 4) is 11.5 Å². The van der Waals surface area contributed by atoms with E-state index in [4.69, 9.17) is 4.42 Å². The molecule has 7 nitrogen and oxygen atoms in total. The van der Waals surface area contributed by atoms with E-state index in [-0.39, 0.29) is 27.3 Å². The van der Waals surface area contributed by atoms with Gasteiger partial charge in [-0.1, -0.05) is 31.7 Å². The lowest BCUT2D eigenvalue weighted by Crippen LogP contribution is -2.30. The normalized spacial score (nSPS) is 11.8. The smallest absolute Gasteiger partial charge is 0.277 e. The molecule has 0 saturated carbocycles. The van der Waals surface area contributed by atoms with Gasteiger partial charge in [-0.2, -0.15) is 4.31 Å². The lowest BCUT2D eigenvalue weighted by atomic mass is 10.1. The summed E-state index contributed by atoms with van der Waals surface area (Å²) in [5.41, 5.74) is 0.444. The van der Waals surface area contributed by atoms with Crippen LogP contribution in [0.1, 0.15) is 24.2 Å². The molecule has 0 radical (unpaired) electrons. The number of thioether (sulfide) groups is 1. The summed E-state index contributed by atoms with van der Waals surface area (Å²) in [6, 6.07) is 9.07. The Morgan fingerprint density at radius 2 is 1.81 bits per heavy atom. The highest BCUT2D eigenvalue weighted by Gasteiger charge is 2.22. The molecule has 0 spiro atoms. The van der Waals surface area contributed by atoms with Gasteiger partial charge >= 0.3 is 0 Å². The molecule has 31 heavy (non-hydrogen) atoms. The Morgan fingerprint density at radius 1 is 1.06 bits per heavy atom. The number of carbonyl (C=O) groups is 1. The van der Waals surface area contributed by atoms with Crippen LogP contribution in [-0.2, 0) is 10.0 Å². The van der Waals surface area contributed by atoms with Crippen molar-refractivity contribution < 1.29 is 26.4 Å². The molecule has 0 unspecified atom stereocenters. The van der Waals surface area contributed by atoms with Crippen molar-refractivity contribution >= 4 is 27.6 Å². The average Bonchev–Trinajstić information content (AvgIpc) is 3.24. The van der Waals surface area contributed by atoms with Crippen LogP contribution < -0.4 is 0 Å². The maximum atomic E-state index is 13.3. The van der Waals surface area contributed by atoms with Crippen LogP contribution in [0.15, 0.2) is 57.0 Å². The Morgan fingerprint density at radius 3 is 2.48 bits per heavy atom. The topological polar surface area (TPSA) is 93.4 Å². The summed E-state index contributed by atoms with van der Waals surface area (Å²) in [4.78, 5) is 12.3. The third kappa shape index (κ3) is 5.17. The minimum Gasteiger partial charge on any atom is -0.411 e. The molecule has 1 aromatic heterocycles. The molecule has 0 amide bonds. The van der Waals surface area contributed by atoms with Crippen molar-refractivity contribution in [1.82, 2.24) is 14.5 Å². The third-order valence-electron chi connectivity index (χ3n) is 4.40. The fourth-order valence-electron chi connectivity index (χ4n) is 2.77. The molecular formula is C20H19F2N3O4S2. The Balaban J connectivity index is 1.74. The molecule has 0 saturated heterocycles. The largest absolute Gasteiger partial charge is 0.411 e. The van der Waals surface area contributed by atoms with E-state index in [0.29, 0.717) is 18.7 Å². The van der Waals surface area contributed by atoms with E-state index in [0.717, 1.165) is 23.9 Å². The van der Waals surface area contributed by atoms with E-state index < -0.39 is 27.4 Å². The number of hydrogen-bond acceptors (Lipinski definition) is 7. The zero-order valence-corrected chi connectivity index (χ0v) is 18.3. The number of sulfonamides is 1. The SMILES string of the molecule is CCN(CC)S(=O)(=O)c1cccc(-c2nnc(SCC(=O)c3ccc(F)c(F)c3)o2)c1. The zero-order valence-electron chi connectivity index (χ0n) is 16.7. The number of hydrogen-bond donors (Lipinski definition) is 0. The van der Waals surface area contributed by atoms with Crippen molar-refractivity contribution in [2.75, 3.05) is 18.8 Å². The van der Waals surface area contributed by atoms with Crippen molar-refractivity contribution in [2.24, 2.45) is 0 Å². The first-order valence-corrected chi connectivity index (χ1v) is 11.7. The summed E-state index contributed by atoms with van der Waals surface area (Å²) < 4.78 is 58.6. The van der Waals surface area contributed by atoms with Gasteiger partial charge in [-0.25, -0.2) is 17.2 Å². The minimum atomic E-state index is -3.65. The summed E-state index contributed by atoms with van der Waals surface area (Å²) in [6.45, 7) is 4.20. The maximum absolute atomic E-state index is 13.3. The van der Waals surface area contributed by atoms with Gasteiger partial charge < -0.3 is 4.42 Å². The second-order valence-corrected chi connectivity index (χ2v) is 9.20. The lowest BCUT2D eigenvalue weighted by molar-refractivity contribution is 0.102. The molecule has 0 aliphatic heterocycles. The Hall–Kier alpha value is -2.63. The molecule has 0 aliphatic carbocycles. The predicted molar refractivity (Wildman–Crippen MR) is 111 cm³/mol. The molecule has 0 bridgehead atoms. The summed E-state index contributed by atoms with van der Waals surface area (Å²) in [5, 5.41) is 7.84. The highest BCUT2D eigenvalue weighted by molar-refractivity contribution is 7.99. The van der Waals surface area contributed by atoms with Gasteiger partial charge in [0.05, 0.1) is 10.6 Å². The second-order valence-electron chi connectivity index (χ2n) is 6.33. The first-order valence-electron chi connectivity index (χ1n) is 9.31. The highest BCUT2D eigenvalue weighted by Crippen LogP contribution is 2.26. The number of benzene rings is 2. The van der Waals surface area contributed by atoms with Crippen LogP contribution in [0.4, 0.5) is 8.78 Å². The number of Topliss-reactive ketones (excluding diaryl/α,β-unsaturated/α-hetero) is 1. The third-order valence-corrected chi connectivity index (χ3v) is 7.26. The number of halogens is 2. The second kappa shape index (κ2) is 9.67. The maximum Gasteiger partial charge on any atom is 0.277 e. The molecule has 0 fully saturated rings. The number of nitrogens with zero attached hydrogens (tertiary/aromatic N) is 3. The zero-order chi connectivity index (χ0) is 22.6. The number of aromatic nitrogens is 2. The van der Waals surface area contributed by atoms with Gasteiger partial charge in [0.15, 0.2) is 17.4 Å². The van der Waals surface area contributed by atoms with Crippen molar-refractivity contribution in [1.29, 1.82) is 0 Å². The van der Waals surface area contributed by atoms with Gasteiger partial charge in [0.2, 0.25) is 15.9 Å². The van der Waals surface area contributed by atoms with E-state index in [9.17, 15) is 22.0 Å². The molecule has 164 valence electrons. The molecule has 2 aromatic carbocycles. The molecule has 3 rings (SSSR count). The first kappa shape index (κ1) is 23.0. The quantitative estimate of drug-likeness (QED) is 0.347. The monoisotopic (exact) mass is 467 g/mol. The van der Waals surface area contributed by atoms with E-state index in [2.05, 4.69) is 10.2 Å². The highest BCUT2D eigenvalue weighted by atomic mass is 32.2. The van der Waals surface area contributed by atoms with Gasteiger partial charge in [0.1, 0.15) is 0 Å². The predicted octanol–water partition coefficient (Wildman–Crippen LogP) is 4.02. The molecule has 3 aromatic rings. The van der Waals surface area contributed by atoms with Crippen molar-refractivity contribution in [2.45, 2.75) is 24.0 Å². The van der Waals surface area contributed by atoms with Gasteiger partial charge in [-0.3, -0.25) is 4.79 Å². The standard InChI is InChI=1S/C20H19F2N3O4S2/c1-3-25(4-2)31(27,28)15-7-5-6-14(10-15)19-23-24-20(29-19)30-12-18(26)13-8-9-16(21)17(22)11-13/h5-11H,3-4,12H2,1-2H3. The van der Waals surface area contributed by atoms with Crippen LogP contribution >= 0.6 is 11.8 Å².